The monoisotopic (exact) mass is 301 g/mol. The molecule has 11 heteroatoms. The second-order valence-electron chi connectivity index (χ2n) is 3.27. The molecule has 110 valence electrons. The summed E-state index contributed by atoms with van der Waals surface area (Å²) in [5.41, 5.74) is -0.522. The molecule has 0 spiro atoms. The molecule has 0 saturated heterocycles. The molecule has 5 nitrogen and oxygen atoms in total. The van der Waals surface area contributed by atoms with E-state index >= 15 is 0 Å². The van der Waals surface area contributed by atoms with Crippen molar-refractivity contribution in [2.24, 2.45) is 0 Å². The van der Waals surface area contributed by atoms with Gasteiger partial charge in [0.2, 0.25) is 0 Å². The van der Waals surface area contributed by atoms with Crippen LogP contribution in [0.3, 0.4) is 0 Å². The van der Waals surface area contributed by atoms with E-state index in [-0.39, 0.29) is 0 Å². The van der Waals surface area contributed by atoms with Gasteiger partial charge in [0.15, 0.2) is 11.3 Å². The lowest BCUT2D eigenvalue weighted by Crippen LogP contribution is -2.21. The molecule has 2 rings (SSSR count). The number of carboxylic acid groups (broad SMARTS) is 1. The molecule has 2 aromatic rings. The fourth-order valence-corrected chi connectivity index (χ4v) is 0.972. The fourth-order valence-electron chi connectivity index (χ4n) is 0.972. The van der Waals surface area contributed by atoms with Crippen molar-refractivity contribution in [3.05, 3.63) is 30.5 Å². The van der Waals surface area contributed by atoms with Crippen LogP contribution < -0.4 is 0 Å². The number of nitrogens with zero attached hydrogens (tertiary/aromatic N) is 3. The quantitative estimate of drug-likeness (QED) is 0.759. The van der Waals surface area contributed by atoms with Crippen molar-refractivity contribution in [2.45, 2.75) is 12.4 Å². The number of aliphatic carboxylic acids is 1. The molecule has 0 aliphatic carbocycles. The SMILES string of the molecule is FC(F)(F)c1cn2ccnc2cn1.O=C(O)C(F)(F)F. The van der Waals surface area contributed by atoms with E-state index in [4.69, 9.17) is 9.90 Å². The predicted molar refractivity (Wildman–Crippen MR) is 51.7 cm³/mol. The van der Waals surface area contributed by atoms with Crippen molar-refractivity contribution in [1.29, 1.82) is 0 Å². The van der Waals surface area contributed by atoms with Gasteiger partial charge in [0, 0.05) is 18.6 Å². The van der Waals surface area contributed by atoms with Crippen molar-refractivity contribution < 1.29 is 36.2 Å². The zero-order valence-corrected chi connectivity index (χ0v) is 9.27. The standard InChI is InChI=1S/C7H4F3N3.C2HF3O2/c8-7(9,10)5-4-13-2-1-11-6(13)3-12-5;3-2(4,5)1(6)7/h1-4H;(H,6,7). The Morgan fingerprint density at radius 1 is 1.15 bits per heavy atom. The van der Waals surface area contributed by atoms with E-state index < -0.39 is 24.0 Å². The first-order valence-electron chi connectivity index (χ1n) is 4.68. The first-order valence-corrected chi connectivity index (χ1v) is 4.68. The maximum atomic E-state index is 12.1. The third kappa shape index (κ3) is 4.10. The summed E-state index contributed by atoms with van der Waals surface area (Å²) in [5, 5.41) is 7.12. The highest BCUT2D eigenvalue weighted by atomic mass is 19.4. The molecule has 2 aromatic heterocycles. The van der Waals surface area contributed by atoms with Gasteiger partial charge in [-0.3, -0.25) is 0 Å². The third-order valence-corrected chi connectivity index (χ3v) is 1.81. The van der Waals surface area contributed by atoms with Crippen LogP contribution in [-0.2, 0) is 11.0 Å². The number of carbonyl (C=O) groups is 1. The zero-order valence-electron chi connectivity index (χ0n) is 9.27. The van der Waals surface area contributed by atoms with Crippen LogP contribution >= 0.6 is 0 Å². The van der Waals surface area contributed by atoms with Crippen LogP contribution in [0, 0.1) is 0 Å². The lowest BCUT2D eigenvalue weighted by Gasteiger charge is -2.04. The summed E-state index contributed by atoms with van der Waals surface area (Å²) in [6.07, 6.45) is -4.65. The smallest absolute Gasteiger partial charge is 0.475 e. The Morgan fingerprint density at radius 3 is 2.15 bits per heavy atom. The maximum absolute atomic E-state index is 12.1. The molecular weight excluding hydrogens is 296 g/mol. The molecule has 1 N–H and O–H groups in total. The fraction of sp³-hybridized carbons (Fsp3) is 0.222. The lowest BCUT2D eigenvalue weighted by molar-refractivity contribution is -0.192. The minimum Gasteiger partial charge on any atom is -0.475 e. The van der Waals surface area contributed by atoms with Gasteiger partial charge in [-0.05, 0) is 0 Å². The van der Waals surface area contributed by atoms with Crippen LogP contribution in [0.2, 0.25) is 0 Å². The van der Waals surface area contributed by atoms with Crippen LogP contribution in [0.4, 0.5) is 26.3 Å². The topological polar surface area (TPSA) is 67.5 Å². The molecule has 0 aliphatic heterocycles. The predicted octanol–water partition coefficient (Wildman–Crippen LogP) is 2.38. The number of alkyl halides is 6. The second kappa shape index (κ2) is 5.35. The summed E-state index contributed by atoms with van der Waals surface area (Å²) in [5.74, 6) is -2.76. The molecule has 0 atom stereocenters. The third-order valence-electron chi connectivity index (χ3n) is 1.81. The number of imidazole rings is 1. The Morgan fingerprint density at radius 2 is 1.70 bits per heavy atom. The molecule has 20 heavy (non-hydrogen) atoms. The molecular formula is C9H5F6N3O2. The Kier molecular flexibility index (Phi) is 4.20. The van der Waals surface area contributed by atoms with Crippen LogP contribution in [-0.4, -0.2) is 31.6 Å². The highest BCUT2D eigenvalue weighted by Crippen LogP contribution is 2.26. The van der Waals surface area contributed by atoms with Gasteiger partial charge in [-0.1, -0.05) is 0 Å². The minimum absolute atomic E-state index is 0.396. The maximum Gasteiger partial charge on any atom is 0.490 e. The minimum atomic E-state index is -5.08. The van der Waals surface area contributed by atoms with Gasteiger partial charge in [-0.15, -0.1) is 0 Å². The van der Waals surface area contributed by atoms with Gasteiger partial charge in [-0.2, -0.15) is 26.3 Å². The van der Waals surface area contributed by atoms with E-state index in [1.165, 1.54) is 16.8 Å². The van der Waals surface area contributed by atoms with Crippen LogP contribution in [0.1, 0.15) is 5.69 Å². The van der Waals surface area contributed by atoms with E-state index in [9.17, 15) is 26.3 Å². The number of rotatable bonds is 0. The Labute approximate surface area is 106 Å². The van der Waals surface area contributed by atoms with Crippen molar-refractivity contribution in [2.75, 3.05) is 0 Å². The number of hydrogen-bond donors (Lipinski definition) is 1. The summed E-state index contributed by atoms with van der Waals surface area (Å²) >= 11 is 0. The van der Waals surface area contributed by atoms with Gasteiger partial charge in [0.05, 0.1) is 6.20 Å². The van der Waals surface area contributed by atoms with Crippen LogP contribution in [0.5, 0.6) is 0 Å². The lowest BCUT2D eigenvalue weighted by atomic mass is 10.4. The Bertz CT molecular complexity index is 603. The molecule has 2 heterocycles. The summed E-state index contributed by atoms with van der Waals surface area (Å²) in [7, 11) is 0. The molecule has 0 bridgehead atoms. The average molecular weight is 301 g/mol. The van der Waals surface area contributed by atoms with E-state index in [1.54, 1.807) is 0 Å². The summed E-state index contributed by atoms with van der Waals surface area (Å²) in [6, 6.07) is 0. The van der Waals surface area contributed by atoms with Gasteiger partial charge < -0.3 is 9.51 Å². The number of carboxylic acids is 1. The van der Waals surface area contributed by atoms with Crippen LogP contribution in [0.25, 0.3) is 5.65 Å². The molecule has 0 amide bonds. The Balaban J connectivity index is 0.000000246. The van der Waals surface area contributed by atoms with E-state index in [1.807, 2.05) is 0 Å². The van der Waals surface area contributed by atoms with E-state index in [0.717, 1.165) is 12.4 Å². The van der Waals surface area contributed by atoms with Crippen molar-refractivity contribution in [1.82, 2.24) is 14.4 Å². The van der Waals surface area contributed by atoms with E-state index in [0.29, 0.717) is 5.65 Å². The van der Waals surface area contributed by atoms with Crippen molar-refractivity contribution in [3.63, 3.8) is 0 Å². The number of fused-ring (bicyclic) bond motifs is 1. The highest BCUT2D eigenvalue weighted by molar-refractivity contribution is 5.73. The number of halogens is 6. The molecule has 0 fully saturated rings. The number of hydrogen-bond acceptors (Lipinski definition) is 3. The van der Waals surface area contributed by atoms with Crippen molar-refractivity contribution >= 4 is 11.6 Å². The second-order valence-corrected chi connectivity index (χ2v) is 3.27. The Hall–Kier alpha value is -2.33. The molecule has 0 unspecified atom stereocenters. The summed E-state index contributed by atoms with van der Waals surface area (Å²) in [4.78, 5) is 15.9. The van der Waals surface area contributed by atoms with Gasteiger partial charge in [0.1, 0.15) is 0 Å². The summed E-state index contributed by atoms with van der Waals surface area (Å²) < 4.78 is 69.4. The first kappa shape index (κ1) is 15.7. The number of aromatic nitrogens is 3. The van der Waals surface area contributed by atoms with Crippen LogP contribution in [0.15, 0.2) is 24.8 Å². The molecule has 0 aliphatic rings. The highest BCUT2D eigenvalue weighted by Gasteiger charge is 2.38. The largest absolute Gasteiger partial charge is 0.490 e. The van der Waals surface area contributed by atoms with Gasteiger partial charge >= 0.3 is 18.3 Å². The van der Waals surface area contributed by atoms with Gasteiger partial charge in [0.25, 0.3) is 0 Å². The van der Waals surface area contributed by atoms with E-state index in [2.05, 4.69) is 9.97 Å². The first-order chi connectivity index (χ1) is 9.01. The average Bonchev–Trinajstić information content (AvgIpc) is 2.73. The molecule has 0 saturated carbocycles. The van der Waals surface area contributed by atoms with Crippen molar-refractivity contribution in [3.8, 4) is 0 Å². The summed E-state index contributed by atoms with van der Waals surface area (Å²) in [6.45, 7) is 0. The van der Waals surface area contributed by atoms with Gasteiger partial charge in [-0.25, -0.2) is 14.8 Å². The zero-order chi connectivity index (χ0) is 15.6. The normalized spacial score (nSPS) is 11.9. The molecule has 0 radical (unpaired) electrons. The molecule has 0 aromatic carbocycles.